The van der Waals surface area contributed by atoms with Crippen molar-refractivity contribution in [3.8, 4) is 6.07 Å². The molecule has 1 aliphatic carbocycles. The van der Waals surface area contributed by atoms with Gasteiger partial charge in [-0.15, -0.1) is 0 Å². The van der Waals surface area contributed by atoms with Gasteiger partial charge < -0.3 is 15.1 Å². The van der Waals surface area contributed by atoms with E-state index in [2.05, 4.69) is 44.5 Å². The van der Waals surface area contributed by atoms with Crippen molar-refractivity contribution < 1.29 is 24.0 Å². The number of aryl methyl sites for hydroxylation is 1. The molecule has 2 saturated heterocycles. The predicted octanol–water partition coefficient (Wildman–Crippen LogP) is 3.38. The highest BCUT2D eigenvalue weighted by Gasteiger charge is 2.45. The van der Waals surface area contributed by atoms with Gasteiger partial charge in [-0.25, -0.2) is 0 Å². The van der Waals surface area contributed by atoms with Gasteiger partial charge in [0.05, 0.1) is 34.4 Å². The number of imide groups is 2. The van der Waals surface area contributed by atoms with Crippen molar-refractivity contribution in [2.45, 2.75) is 108 Å². The average molecular weight is 745 g/mol. The molecule has 0 spiro atoms. The molecule has 2 aromatic rings. The van der Waals surface area contributed by atoms with Crippen molar-refractivity contribution in [2.75, 3.05) is 31.6 Å². The molecule has 0 aromatic heterocycles. The Kier molecular flexibility index (Phi) is 10.1. The fraction of sp³-hybridized carbons (Fsp3) is 0.500. The van der Waals surface area contributed by atoms with Crippen molar-refractivity contribution in [3.63, 3.8) is 0 Å². The van der Waals surface area contributed by atoms with Crippen molar-refractivity contribution in [1.82, 2.24) is 25.3 Å². The lowest BCUT2D eigenvalue weighted by Crippen LogP contribution is -2.54. The van der Waals surface area contributed by atoms with Gasteiger partial charge in [0.25, 0.3) is 17.7 Å². The quantitative estimate of drug-likeness (QED) is 0.387. The van der Waals surface area contributed by atoms with Crippen LogP contribution in [0.1, 0.15) is 101 Å². The fourth-order valence-electron chi connectivity index (χ4n) is 9.33. The van der Waals surface area contributed by atoms with Crippen LogP contribution in [0.2, 0.25) is 0 Å². The van der Waals surface area contributed by atoms with Crippen LogP contribution < -0.4 is 15.5 Å². The number of aliphatic imine (C=N–C) groups is 1. The maximum Gasteiger partial charge on any atom is 0.262 e. The number of nitrogens with one attached hydrogen (secondary N) is 2. The minimum absolute atomic E-state index is 0.0419. The second-order valence-electron chi connectivity index (χ2n) is 16.1. The molecule has 13 heteroatoms. The summed E-state index contributed by atoms with van der Waals surface area (Å²) in [4.78, 5) is 76.9. The lowest BCUT2D eigenvalue weighted by molar-refractivity contribution is -0.136. The van der Waals surface area contributed by atoms with Gasteiger partial charge in [-0.2, -0.15) is 5.26 Å². The van der Waals surface area contributed by atoms with Gasteiger partial charge in [0.15, 0.2) is 0 Å². The maximum atomic E-state index is 13.3. The number of rotatable bonds is 8. The van der Waals surface area contributed by atoms with E-state index in [-0.39, 0.29) is 36.7 Å². The Morgan fingerprint density at radius 2 is 1.65 bits per heavy atom. The summed E-state index contributed by atoms with van der Waals surface area (Å²) in [5.74, 6) is -1.95. The lowest BCUT2D eigenvalue weighted by atomic mass is 9.89. The first-order valence-electron chi connectivity index (χ1n) is 19.7. The van der Waals surface area contributed by atoms with E-state index in [0.29, 0.717) is 47.4 Å². The summed E-state index contributed by atoms with van der Waals surface area (Å²) >= 11 is 0. The molecule has 0 radical (unpaired) electrons. The second kappa shape index (κ2) is 15.2. The number of nitrogens with zero attached hydrogens (tertiary/aromatic N) is 6. The Balaban J connectivity index is 0.764. The van der Waals surface area contributed by atoms with Gasteiger partial charge in [-0.3, -0.25) is 44.1 Å². The molecule has 5 heterocycles. The SMILES string of the molecule is Cc1cc(N(C)[C@H]2CC[C@H](NC(=O)C3=CCC(CN4CCC(N5Cc6cc7c(cc6C5)C(=O)N(C5CCC(=O)NC5=O)C7=O)CC4)N=C3)CC2)ccc1C#N. The van der Waals surface area contributed by atoms with Crippen LogP contribution in [-0.2, 0) is 27.5 Å². The highest BCUT2D eigenvalue weighted by atomic mass is 16.2. The van der Waals surface area contributed by atoms with Crippen LogP contribution in [0, 0.1) is 18.3 Å². The summed E-state index contributed by atoms with van der Waals surface area (Å²) in [5.41, 5.74) is 6.24. The fourth-order valence-corrected chi connectivity index (χ4v) is 9.33. The lowest BCUT2D eigenvalue weighted by Gasteiger charge is -2.37. The molecule has 6 aliphatic rings. The highest BCUT2D eigenvalue weighted by molar-refractivity contribution is 6.23. The number of piperidine rings is 2. The zero-order valence-electron chi connectivity index (χ0n) is 31.6. The van der Waals surface area contributed by atoms with E-state index in [1.54, 1.807) is 6.21 Å². The molecule has 3 fully saturated rings. The number of carbonyl (C=O) groups excluding carboxylic acids is 5. The van der Waals surface area contributed by atoms with Gasteiger partial charge in [-0.05, 0) is 118 Å². The third-order valence-corrected chi connectivity index (χ3v) is 12.7. The minimum Gasteiger partial charge on any atom is -0.372 e. The molecule has 55 heavy (non-hydrogen) atoms. The zero-order valence-corrected chi connectivity index (χ0v) is 31.6. The first kappa shape index (κ1) is 36.8. The molecule has 286 valence electrons. The number of fused-ring (bicyclic) bond motifs is 2. The molecule has 5 aliphatic heterocycles. The molecule has 1 saturated carbocycles. The summed E-state index contributed by atoms with van der Waals surface area (Å²) in [5, 5.41) is 14.8. The third kappa shape index (κ3) is 7.33. The Morgan fingerprint density at radius 3 is 2.25 bits per heavy atom. The molecule has 13 nitrogen and oxygen atoms in total. The van der Waals surface area contributed by atoms with Gasteiger partial charge in [0, 0.05) is 63.1 Å². The van der Waals surface area contributed by atoms with Crippen LogP contribution in [-0.4, -0.2) is 107 Å². The van der Waals surface area contributed by atoms with Crippen molar-refractivity contribution >= 4 is 41.4 Å². The average Bonchev–Trinajstić information content (AvgIpc) is 3.71. The van der Waals surface area contributed by atoms with E-state index in [1.807, 2.05) is 37.3 Å². The number of dihydropyridines is 1. The standard InChI is InChI=1S/C42H48N8O5/c1-25-17-34(8-4-26(25)20-43)47(2)32-9-6-30(7-10-32)45-39(52)27-3-5-31(44-21-27)24-48-15-13-33(14-16-48)49-22-28-18-35-36(19-29(28)23-49)42(55)50(41(35)54)37-11-12-38(51)46-40(37)53/h3-4,8,17-19,21,30-33,37H,5-7,9-16,22-24H2,1-2H3,(H,45,52)(H,46,51,53)/t30-,31?,32-,37?. The molecular weight excluding hydrogens is 697 g/mol. The Bertz CT molecular complexity index is 1990. The number of hydrogen-bond acceptors (Lipinski definition) is 10. The van der Waals surface area contributed by atoms with E-state index in [1.165, 1.54) is 0 Å². The first-order chi connectivity index (χ1) is 26.6. The van der Waals surface area contributed by atoms with Gasteiger partial charge in [-0.1, -0.05) is 6.08 Å². The monoisotopic (exact) mass is 744 g/mol. The molecule has 5 amide bonds. The van der Waals surface area contributed by atoms with E-state index in [0.717, 1.165) is 91.9 Å². The van der Waals surface area contributed by atoms with Crippen LogP contribution in [0.5, 0.6) is 0 Å². The largest absolute Gasteiger partial charge is 0.372 e. The van der Waals surface area contributed by atoms with Gasteiger partial charge in [0.2, 0.25) is 11.8 Å². The number of anilines is 1. The summed E-state index contributed by atoms with van der Waals surface area (Å²) < 4.78 is 0. The summed E-state index contributed by atoms with van der Waals surface area (Å²) in [6.45, 7) is 6.17. The van der Waals surface area contributed by atoms with Crippen LogP contribution in [0.4, 0.5) is 5.69 Å². The number of nitriles is 1. The predicted molar refractivity (Wildman–Crippen MR) is 205 cm³/mol. The number of amides is 5. The topological polar surface area (TPSA) is 159 Å². The molecule has 2 N–H and O–H groups in total. The number of carbonyl (C=O) groups is 5. The zero-order chi connectivity index (χ0) is 38.4. The molecule has 2 atom stereocenters. The van der Waals surface area contributed by atoms with Crippen molar-refractivity contribution in [1.29, 1.82) is 5.26 Å². The maximum absolute atomic E-state index is 13.3. The normalized spacial score (nSPS) is 26.0. The Labute approximate surface area is 321 Å². The van der Waals surface area contributed by atoms with Crippen LogP contribution >= 0.6 is 0 Å². The molecule has 2 aromatic carbocycles. The summed E-state index contributed by atoms with van der Waals surface area (Å²) in [6, 6.07) is 12.0. The van der Waals surface area contributed by atoms with E-state index in [9.17, 15) is 29.2 Å². The van der Waals surface area contributed by atoms with Crippen LogP contribution in [0.15, 0.2) is 47.0 Å². The highest BCUT2D eigenvalue weighted by Crippen LogP contribution is 2.35. The first-order valence-corrected chi connectivity index (χ1v) is 19.7. The smallest absolute Gasteiger partial charge is 0.262 e. The number of likely N-dealkylation sites (tertiary alicyclic amines) is 1. The Morgan fingerprint density at radius 1 is 0.964 bits per heavy atom. The molecule has 0 bridgehead atoms. The van der Waals surface area contributed by atoms with Gasteiger partial charge >= 0.3 is 0 Å². The summed E-state index contributed by atoms with van der Waals surface area (Å²) in [6.07, 6.45) is 10.6. The van der Waals surface area contributed by atoms with Gasteiger partial charge in [0.1, 0.15) is 6.04 Å². The molecular formula is C42H48N8O5. The second-order valence-corrected chi connectivity index (χ2v) is 16.1. The number of hydrogen-bond donors (Lipinski definition) is 2. The van der Waals surface area contributed by atoms with Crippen molar-refractivity contribution in [3.05, 3.63) is 75.4 Å². The van der Waals surface area contributed by atoms with E-state index in [4.69, 9.17) is 4.99 Å². The summed E-state index contributed by atoms with van der Waals surface area (Å²) in [7, 11) is 2.11. The van der Waals surface area contributed by atoms with E-state index >= 15 is 0 Å². The minimum atomic E-state index is -0.958. The molecule has 8 rings (SSSR count). The van der Waals surface area contributed by atoms with Crippen LogP contribution in [0.25, 0.3) is 0 Å². The van der Waals surface area contributed by atoms with Crippen molar-refractivity contribution in [2.24, 2.45) is 4.99 Å². The molecule has 2 unspecified atom stereocenters. The Hall–Kier alpha value is -5.19. The number of benzene rings is 2. The van der Waals surface area contributed by atoms with Crippen LogP contribution in [0.3, 0.4) is 0 Å². The van der Waals surface area contributed by atoms with E-state index < -0.39 is 23.8 Å². The third-order valence-electron chi connectivity index (χ3n) is 12.7.